The Kier molecular flexibility index (Phi) is 6.13. The van der Waals surface area contributed by atoms with Crippen LogP contribution in [0, 0.1) is 17.2 Å². The SMILES string of the molecule is CC(C#N)CN(C)CCCOc1ccccc1. The first-order valence-corrected chi connectivity index (χ1v) is 5.98. The first-order valence-electron chi connectivity index (χ1n) is 5.98. The number of nitriles is 1. The van der Waals surface area contributed by atoms with Gasteiger partial charge in [-0.1, -0.05) is 18.2 Å². The Morgan fingerprint density at radius 1 is 1.35 bits per heavy atom. The van der Waals surface area contributed by atoms with Gasteiger partial charge in [0.1, 0.15) is 5.75 Å². The Balaban J connectivity index is 2.10. The molecular formula is C14H20N2O. The first kappa shape index (κ1) is 13.5. The van der Waals surface area contributed by atoms with Crippen molar-refractivity contribution in [3.05, 3.63) is 30.3 Å². The van der Waals surface area contributed by atoms with Crippen molar-refractivity contribution in [2.24, 2.45) is 5.92 Å². The zero-order valence-electron chi connectivity index (χ0n) is 10.6. The fourth-order valence-electron chi connectivity index (χ4n) is 1.64. The van der Waals surface area contributed by atoms with Gasteiger partial charge in [0.25, 0.3) is 0 Å². The van der Waals surface area contributed by atoms with Gasteiger partial charge in [0.15, 0.2) is 0 Å². The van der Waals surface area contributed by atoms with Crippen molar-refractivity contribution < 1.29 is 4.74 Å². The van der Waals surface area contributed by atoms with Crippen molar-refractivity contribution in [2.75, 3.05) is 26.7 Å². The summed E-state index contributed by atoms with van der Waals surface area (Å²) in [4.78, 5) is 2.17. The molecule has 0 aliphatic carbocycles. The lowest BCUT2D eigenvalue weighted by atomic mass is 10.2. The minimum atomic E-state index is 0.0926. The summed E-state index contributed by atoms with van der Waals surface area (Å²) in [5, 5.41) is 8.70. The van der Waals surface area contributed by atoms with Gasteiger partial charge in [-0.15, -0.1) is 0 Å². The molecule has 17 heavy (non-hydrogen) atoms. The van der Waals surface area contributed by atoms with Crippen molar-refractivity contribution in [3.63, 3.8) is 0 Å². The van der Waals surface area contributed by atoms with E-state index in [1.54, 1.807) is 0 Å². The van der Waals surface area contributed by atoms with Gasteiger partial charge in [-0.25, -0.2) is 0 Å². The molecule has 0 saturated heterocycles. The largest absolute Gasteiger partial charge is 0.494 e. The van der Waals surface area contributed by atoms with E-state index in [0.717, 1.165) is 31.9 Å². The molecule has 0 bridgehead atoms. The van der Waals surface area contributed by atoms with Crippen LogP contribution in [-0.4, -0.2) is 31.6 Å². The van der Waals surface area contributed by atoms with Crippen LogP contribution in [0.25, 0.3) is 0 Å². The monoisotopic (exact) mass is 232 g/mol. The Morgan fingerprint density at radius 2 is 2.06 bits per heavy atom. The molecule has 1 aromatic rings. The maximum absolute atomic E-state index is 8.70. The van der Waals surface area contributed by atoms with E-state index in [1.807, 2.05) is 44.3 Å². The molecule has 1 atom stereocenters. The fourth-order valence-corrected chi connectivity index (χ4v) is 1.64. The molecule has 1 unspecified atom stereocenters. The number of nitrogens with zero attached hydrogens (tertiary/aromatic N) is 2. The molecule has 3 heteroatoms. The molecule has 0 aliphatic rings. The van der Waals surface area contributed by atoms with E-state index in [2.05, 4.69) is 11.0 Å². The summed E-state index contributed by atoms with van der Waals surface area (Å²) in [5.74, 6) is 1.01. The Labute approximate surface area is 104 Å². The van der Waals surface area contributed by atoms with Crippen molar-refractivity contribution in [3.8, 4) is 11.8 Å². The molecule has 0 radical (unpaired) electrons. The summed E-state index contributed by atoms with van der Waals surface area (Å²) in [6, 6.07) is 12.1. The van der Waals surface area contributed by atoms with E-state index in [-0.39, 0.29) is 5.92 Å². The fraction of sp³-hybridized carbons (Fsp3) is 0.500. The quantitative estimate of drug-likeness (QED) is 0.678. The third-order valence-corrected chi connectivity index (χ3v) is 2.50. The van der Waals surface area contributed by atoms with E-state index in [1.165, 1.54) is 0 Å². The van der Waals surface area contributed by atoms with Gasteiger partial charge < -0.3 is 9.64 Å². The molecule has 0 aliphatic heterocycles. The van der Waals surface area contributed by atoms with Gasteiger partial charge in [0.2, 0.25) is 0 Å². The highest BCUT2D eigenvalue weighted by Gasteiger charge is 2.04. The van der Waals surface area contributed by atoms with Crippen LogP contribution in [0.5, 0.6) is 5.75 Å². The second kappa shape index (κ2) is 7.70. The molecule has 0 saturated carbocycles. The number of benzene rings is 1. The topological polar surface area (TPSA) is 36.3 Å². The average molecular weight is 232 g/mol. The summed E-state index contributed by atoms with van der Waals surface area (Å²) in [5.41, 5.74) is 0. The highest BCUT2D eigenvalue weighted by atomic mass is 16.5. The van der Waals surface area contributed by atoms with Crippen molar-refractivity contribution in [2.45, 2.75) is 13.3 Å². The lowest BCUT2D eigenvalue weighted by molar-refractivity contribution is 0.254. The Hall–Kier alpha value is -1.53. The molecule has 0 spiro atoms. The van der Waals surface area contributed by atoms with Crippen LogP contribution >= 0.6 is 0 Å². The van der Waals surface area contributed by atoms with Crippen LogP contribution in [-0.2, 0) is 0 Å². The summed E-state index contributed by atoms with van der Waals surface area (Å²) >= 11 is 0. The summed E-state index contributed by atoms with van der Waals surface area (Å²) in [6.45, 7) is 4.44. The van der Waals surface area contributed by atoms with Crippen LogP contribution in [0.2, 0.25) is 0 Å². The minimum absolute atomic E-state index is 0.0926. The van der Waals surface area contributed by atoms with Gasteiger partial charge in [-0.3, -0.25) is 0 Å². The van der Waals surface area contributed by atoms with Crippen molar-refractivity contribution >= 4 is 0 Å². The summed E-state index contributed by atoms with van der Waals surface area (Å²) in [7, 11) is 2.04. The Bertz CT molecular complexity index is 345. The Morgan fingerprint density at radius 3 is 2.71 bits per heavy atom. The molecule has 1 aromatic carbocycles. The maximum Gasteiger partial charge on any atom is 0.119 e. The lowest BCUT2D eigenvalue weighted by Gasteiger charge is -2.17. The third-order valence-electron chi connectivity index (χ3n) is 2.50. The van der Waals surface area contributed by atoms with Crippen LogP contribution in [0.4, 0.5) is 0 Å². The van der Waals surface area contributed by atoms with E-state index in [4.69, 9.17) is 10.00 Å². The molecule has 0 fully saturated rings. The van der Waals surface area contributed by atoms with E-state index < -0.39 is 0 Å². The number of rotatable bonds is 7. The molecule has 0 amide bonds. The van der Waals surface area contributed by atoms with Gasteiger partial charge >= 0.3 is 0 Å². The zero-order valence-corrected chi connectivity index (χ0v) is 10.6. The predicted octanol–water partition coefficient (Wildman–Crippen LogP) is 2.55. The number of hydrogen-bond acceptors (Lipinski definition) is 3. The maximum atomic E-state index is 8.70. The van der Waals surface area contributed by atoms with Crippen LogP contribution in [0.3, 0.4) is 0 Å². The molecule has 0 aromatic heterocycles. The standard InChI is InChI=1S/C14H20N2O/c1-13(11-15)12-16(2)9-6-10-17-14-7-4-3-5-8-14/h3-5,7-8,13H,6,9-10,12H2,1-2H3. The van der Waals surface area contributed by atoms with Crippen molar-refractivity contribution in [1.82, 2.24) is 4.90 Å². The van der Waals surface area contributed by atoms with E-state index >= 15 is 0 Å². The summed E-state index contributed by atoms with van der Waals surface area (Å²) in [6.07, 6.45) is 0.976. The second-order valence-corrected chi connectivity index (χ2v) is 4.31. The normalized spacial score (nSPS) is 12.1. The van der Waals surface area contributed by atoms with E-state index in [9.17, 15) is 0 Å². The number of ether oxygens (including phenoxy) is 1. The molecule has 0 N–H and O–H groups in total. The van der Waals surface area contributed by atoms with Gasteiger partial charge in [-0.2, -0.15) is 5.26 Å². The van der Waals surface area contributed by atoms with Crippen molar-refractivity contribution in [1.29, 1.82) is 5.26 Å². The van der Waals surface area contributed by atoms with Crippen LogP contribution in [0.15, 0.2) is 30.3 Å². The smallest absolute Gasteiger partial charge is 0.119 e. The summed E-state index contributed by atoms with van der Waals surface area (Å²) < 4.78 is 5.60. The van der Waals surface area contributed by atoms with Crippen LogP contribution in [0.1, 0.15) is 13.3 Å². The van der Waals surface area contributed by atoms with Crippen LogP contribution < -0.4 is 4.74 Å². The second-order valence-electron chi connectivity index (χ2n) is 4.31. The molecule has 92 valence electrons. The predicted molar refractivity (Wildman–Crippen MR) is 68.8 cm³/mol. The molecule has 1 rings (SSSR count). The number of para-hydroxylation sites is 1. The minimum Gasteiger partial charge on any atom is -0.494 e. The zero-order chi connectivity index (χ0) is 12.5. The first-order chi connectivity index (χ1) is 8.22. The number of hydrogen-bond donors (Lipinski definition) is 0. The highest BCUT2D eigenvalue weighted by molar-refractivity contribution is 5.20. The van der Waals surface area contributed by atoms with Gasteiger partial charge in [0, 0.05) is 13.1 Å². The van der Waals surface area contributed by atoms with E-state index in [0.29, 0.717) is 0 Å². The molecule has 3 nitrogen and oxygen atoms in total. The van der Waals surface area contributed by atoms with Gasteiger partial charge in [0.05, 0.1) is 18.6 Å². The molecular weight excluding hydrogens is 212 g/mol. The average Bonchev–Trinajstić information content (AvgIpc) is 2.36. The van der Waals surface area contributed by atoms with Gasteiger partial charge in [-0.05, 0) is 32.5 Å². The lowest BCUT2D eigenvalue weighted by Crippen LogP contribution is -2.25. The third kappa shape index (κ3) is 5.94. The molecule has 0 heterocycles. The highest BCUT2D eigenvalue weighted by Crippen LogP contribution is 2.08.